The SMILES string of the molecule is COCCN(Cc1nc2ccccc2c(=O)[nH]1)C(=O)CCCc1c[nH]c2ccccc12. The molecule has 0 saturated heterocycles. The van der Waals surface area contributed by atoms with E-state index < -0.39 is 0 Å². The Morgan fingerprint density at radius 1 is 1.10 bits per heavy atom. The van der Waals surface area contributed by atoms with Crippen LogP contribution in [-0.4, -0.2) is 46.0 Å². The van der Waals surface area contributed by atoms with Crippen molar-refractivity contribution < 1.29 is 9.53 Å². The molecule has 0 aliphatic rings. The van der Waals surface area contributed by atoms with Crippen LogP contribution in [0.3, 0.4) is 0 Å². The summed E-state index contributed by atoms with van der Waals surface area (Å²) in [5.41, 5.74) is 2.75. The molecule has 0 unspecified atom stereocenters. The molecule has 2 aromatic carbocycles. The monoisotopic (exact) mass is 418 g/mol. The summed E-state index contributed by atoms with van der Waals surface area (Å²) in [6.07, 6.45) is 3.99. The lowest BCUT2D eigenvalue weighted by molar-refractivity contribution is -0.132. The Bertz CT molecular complexity index is 1240. The molecule has 0 radical (unpaired) electrons. The van der Waals surface area contributed by atoms with Gasteiger partial charge in [0.05, 0.1) is 24.1 Å². The molecule has 31 heavy (non-hydrogen) atoms. The number of H-pyrrole nitrogens is 2. The lowest BCUT2D eigenvalue weighted by Gasteiger charge is -2.22. The fourth-order valence-electron chi connectivity index (χ4n) is 3.81. The van der Waals surface area contributed by atoms with Crippen molar-refractivity contribution in [2.24, 2.45) is 0 Å². The topological polar surface area (TPSA) is 91.1 Å². The van der Waals surface area contributed by atoms with Gasteiger partial charge in [-0.15, -0.1) is 0 Å². The van der Waals surface area contributed by atoms with E-state index in [1.54, 1.807) is 30.2 Å². The third-order valence-corrected chi connectivity index (χ3v) is 5.43. The van der Waals surface area contributed by atoms with Gasteiger partial charge >= 0.3 is 0 Å². The van der Waals surface area contributed by atoms with Crippen molar-refractivity contribution in [1.29, 1.82) is 0 Å². The molecule has 4 rings (SSSR count). The zero-order chi connectivity index (χ0) is 21.6. The molecule has 160 valence electrons. The maximum atomic E-state index is 12.9. The van der Waals surface area contributed by atoms with Gasteiger partial charge in [0.2, 0.25) is 5.91 Å². The first-order chi connectivity index (χ1) is 15.2. The van der Waals surface area contributed by atoms with Crippen molar-refractivity contribution in [3.63, 3.8) is 0 Å². The predicted molar refractivity (Wildman–Crippen MR) is 121 cm³/mol. The van der Waals surface area contributed by atoms with E-state index >= 15 is 0 Å². The minimum absolute atomic E-state index is 0.0210. The number of nitrogens with one attached hydrogen (secondary N) is 2. The van der Waals surface area contributed by atoms with Gasteiger partial charge in [0.1, 0.15) is 5.82 Å². The van der Waals surface area contributed by atoms with Crippen molar-refractivity contribution in [3.8, 4) is 0 Å². The Morgan fingerprint density at radius 3 is 2.71 bits per heavy atom. The van der Waals surface area contributed by atoms with E-state index in [0.29, 0.717) is 36.3 Å². The highest BCUT2D eigenvalue weighted by molar-refractivity contribution is 5.83. The van der Waals surface area contributed by atoms with E-state index in [2.05, 4.69) is 21.0 Å². The molecule has 4 aromatic rings. The highest BCUT2D eigenvalue weighted by Gasteiger charge is 2.16. The van der Waals surface area contributed by atoms with Gasteiger partial charge in [-0.1, -0.05) is 30.3 Å². The number of carbonyl (C=O) groups is 1. The molecule has 0 saturated carbocycles. The summed E-state index contributed by atoms with van der Waals surface area (Å²) in [4.78, 5) is 37.6. The number of nitrogens with zero attached hydrogens (tertiary/aromatic N) is 2. The van der Waals surface area contributed by atoms with E-state index in [9.17, 15) is 9.59 Å². The van der Waals surface area contributed by atoms with Gasteiger partial charge in [0.15, 0.2) is 0 Å². The predicted octanol–water partition coefficient (Wildman–Crippen LogP) is 3.40. The van der Waals surface area contributed by atoms with Crippen molar-refractivity contribution in [3.05, 3.63) is 76.5 Å². The number of aromatic nitrogens is 3. The molecule has 0 spiro atoms. The van der Waals surface area contributed by atoms with E-state index in [1.807, 2.05) is 30.5 Å². The fraction of sp³-hybridized carbons (Fsp3) is 0.292. The van der Waals surface area contributed by atoms with Gasteiger partial charge in [-0.2, -0.15) is 0 Å². The number of amides is 1. The van der Waals surface area contributed by atoms with Crippen molar-refractivity contribution in [1.82, 2.24) is 19.9 Å². The van der Waals surface area contributed by atoms with Gasteiger partial charge < -0.3 is 19.6 Å². The van der Waals surface area contributed by atoms with Crippen LogP contribution in [0.15, 0.2) is 59.5 Å². The second-order valence-corrected chi connectivity index (χ2v) is 7.55. The van der Waals surface area contributed by atoms with Crippen LogP contribution < -0.4 is 5.56 Å². The molecule has 0 atom stereocenters. The summed E-state index contributed by atoms with van der Waals surface area (Å²) in [6, 6.07) is 15.4. The normalized spacial score (nSPS) is 11.3. The van der Waals surface area contributed by atoms with Crippen LogP contribution >= 0.6 is 0 Å². The molecule has 2 aromatic heterocycles. The third-order valence-electron chi connectivity index (χ3n) is 5.43. The lowest BCUT2D eigenvalue weighted by Crippen LogP contribution is -2.34. The molecular formula is C24H26N4O3. The molecule has 2 N–H and O–H groups in total. The zero-order valence-electron chi connectivity index (χ0n) is 17.6. The minimum atomic E-state index is -0.195. The van der Waals surface area contributed by atoms with E-state index in [0.717, 1.165) is 18.4 Å². The molecule has 7 nitrogen and oxygen atoms in total. The average molecular weight is 418 g/mol. The molecule has 1 amide bonds. The van der Waals surface area contributed by atoms with Gasteiger partial charge in [0.25, 0.3) is 5.56 Å². The Labute approximate surface area is 180 Å². The van der Waals surface area contributed by atoms with Crippen LogP contribution in [0.5, 0.6) is 0 Å². The third kappa shape index (κ3) is 4.83. The molecule has 7 heteroatoms. The number of rotatable bonds is 9. The van der Waals surface area contributed by atoms with E-state index in [1.165, 1.54) is 10.9 Å². The van der Waals surface area contributed by atoms with Crippen molar-refractivity contribution in [2.75, 3.05) is 20.3 Å². The highest BCUT2D eigenvalue weighted by atomic mass is 16.5. The smallest absolute Gasteiger partial charge is 0.258 e. The maximum Gasteiger partial charge on any atom is 0.258 e. The molecule has 0 bridgehead atoms. The number of benzene rings is 2. The summed E-state index contributed by atoms with van der Waals surface area (Å²) in [5, 5.41) is 1.74. The van der Waals surface area contributed by atoms with Gasteiger partial charge in [0, 0.05) is 37.2 Å². The van der Waals surface area contributed by atoms with Crippen LogP contribution in [0.1, 0.15) is 24.2 Å². The zero-order valence-corrected chi connectivity index (χ0v) is 17.6. The molecule has 0 aliphatic heterocycles. The second-order valence-electron chi connectivity index (χ2n) is 7.55. The summed E-state index contributed by atoms with van der Waals surface area (Å²) in [5.74, 6) is 0.498. The fourth-order valence-corrected chi connectivity index (χ4v) is 3.81. The lowest BCUT2D eigenvalue weighted by atomic mass is 10.1. The number of fused-ring (bicyclic) bond motifs is 2. The standard InChI is InChI=1S/C24H26N4O3/c1-31-14-13-28(16-22-26-21-11-5-3-9-19(21)24(30)27-22)23(29)12-6-7-17-15-25-20-10-4-2-8-18(17)20/h2-5,8-11,15,25H,6-7,12-14,16H2,1H3,(H,26,27,30). The van der Waals surface area contributed by atoms with Crippen LogP contribution in [0.2, 0.25) is 0 Å². The number of carbonyl (C=O) groups excluding carboxylic acids is 1. The number of methoxy groups -OCH3 is 1. The first-order valence-electron chi connectivity index (χ1n) is 10.5. The Morgan fingerprint density at radius 2 is 1.87 bits per heavy atom. The molecule has 0 aliphatic carbocycles. The van der Waals surface area contributed by atoms with Gasteiger partial charge in [-0.25, -0.2) is 4.98 Å². The number of aromatic amines is 2. The number of hydrogen-bond donors (Lipinski definition) is 2. The highest BCUT2D eigenvalue weighted by Crippen LogP contribution is 2.19. The Balaban J connectivity index is 1.43. The van der Waals surface area contributed by atoms with Crippen LogP contribution in [0.25, 0.3) is 21.8 Å². The largest absolute Gasteiger partial charge is 0.383 e. The minimum Gasteiger partial charge on any atom is -0.383 e. The maximum absolute atomic E-state index is 12.9. The van der Waals surface area contributed by atoms with Crippen LogP contribution in [0, 0.1) is 0 Å². The van der Waals surface area contributed by atoms with Crippen LogP contribution in [-0.2, 0) is 22.5 Å². The van der Waals surface area contributed by atoms with Gasteiger partial charge in [-0.05, 0) is 36.6 Å². The summed E-state index contributed by atoms with van der Waals surface area (Å²) in [6.45, 7) is 1.11. The summed E-state index contributed by atoms with van der Waals surface area (Å²) >= 11 is 0. The van der Waals surface area contributed by atoms with E-state index in [-0.39, 0.29) is 18.0 Å². The Hall–Kier alpha value is -3.45. The van der Waals surface area contributed by atoms with Crippen molar-refractivity contribution in [2.45, 2.75) is 25.8 Å². The average Bonchev–Trinajstić information content (AvgIpc) is 3.20. The first-order valence-corrected chi connectivity index (χ1v) is 10.5. The van der Waals surface area contributed by atoms with Gasteiger partial charge in [-0.3, -0.25) is 9.59 Å². The summed E-state index contributed by atoms with van der Waals surface area (Å²) < 4.78 is 5.18. The first kappa shape index (κ1) is 20.8. The number of hydrogen-bond acceptors (Lipinski definition) is 4. The quantitative estimate of drug-likeness (QED) is 0.436. The Kier molecular flexibility index (Phi) is 6.43. The van der Waals surface area contributed by atoms with Crippen molar-refractivity contribution >= 4 is 27.7 Å². The number of para-hydroxylation sites is 2. The van der Waals surface area contributed by atoms with Crippen LogP contribution in [0.4, 0.5) is 0 Å². The van der Waals surface area contributed by atoms with E-state index in [4.69, 9.17) is 4.74 Å². The molecular weight excluding hydrogens is 392 g/mol. The number of ether oxygens (including phenoxy) is 1. The molecule has 2 heterocycles. The molecule has 0 fully saturated rings. The number of aryl methyl sites for hydroxylation is 1. The second kappa shape index (κ2) is 9.57. The summed E-state index contributed by atoms with van der Waals surface area (Å²) in [7, 11) is 1.61.